The van der Waals surface area contributed by atoms with Crippen molar-refractivity contribution in [2.75, 3.05) is 11.1 Å². The predicted molar refractivity (Wildman–Crippen MR) is 150 cm³/mol. The first-order valence-electron chi connectivity index (χ1n) is 11.5. The van der Waals surface area contributed by atoms with Crippen molar-refractivity contribution in [2.24, 2.45) is 0 Å². The molecule has 0 aromatic heterocycles. The van der Waals surface area contributed by atoms with Crippen LogP contribution in [0.4, 0.5) is 10.1 Å². The van der Waals surface area contributed by atoms with Gasteiger partial charge in [0.05, 0.1) is 5.75 Å². The zero-order chi connectivity index (χ0) is 26.9. The molecule has 0 bridgehead atoms. The minimum atomic E-state index is -0.504. The molecule has 0 aliphatic heterocycles. The molecule has 0 heterocycles. The lowest BCUT2D eigenvalue weighted by Crippen LogP contribution is -2.30. The van der Waals surface area contributed by atoms with Crippen molar-refractivity contribution >= 4 is 52.7 Å². The molecule has 0 atom stereocenters. The standard InChI is InChI=1S/C30H22ClFN2O3S/c31-23-10-6-20(7-11-23)18-27(34-29(36)22-4-2-1-3-5-22)30(37)33-25-14-16-26(17-15-25)38-19-28(35)21-8-12-24(32)13-9-21/h1-18H,19H2,(H,33,37)(H,34,36)/b27-18-. The van der Waals surface area contributed by atoms with Crippen LogP contribution < -0.4 is 10.6 Å². The fraction of sp³-hybridized carbons (Fsp3) is 0.0333. The van der Waals surface area contributed by atoms with Gasteiger partial charge >= 0.3 is 0 Å². The molecule has 0 saturated carbocycles. The SMILES string of the molecule is O=C(Nc1ccc(SCC(=O)c2ccc(F)cc2)cc1)/C(=C/c1ccc(Cl)cc1)NC(=O)c1ccccc1. The Morgan fingerprint density at radius 2 is 1.45 bits per heavy atom. The molecule has 38 heavy (non-hydrogen) atoms. The lowest BCUT2D eigenvalue weighted by Gasteiger charge is -2.12. The van der Waals surface area contributed by atoms with Crippen molar-refractivity contribution in [3.63, 3.8) is 0 Å². The van der Waals surface area contributed by atoms with E-state index in [1.54, 1.807) is 84.9 Å². The number of carbonyl (C=O) groups is 3. The number of anilines is 1. The van der Waals surface area contributed by atoms with Gasteiger partial charge in [0.2, 0.25) is 0 Å². The third-order valence-corrected chi connectivity index (χ3v) is 6.62. The van der Waals surface area contributed by atoms with E-state index in [4.69, 9.17) is 11.6 Å². The Bertz CT molecular complexity index is 1460. The number of hydrogen-bond acceptors (Lipinski definition) is 4. The van der Waals surface area contributed by atoms with Crippen LogP contribution in [0.2, 0.25) is 5.02 Å². The molecule has 5 nitrogen and oxygen atoms in total. The normalized spacial score (nSPS) is 11.1. The molecule has 0 saturated heterocycles. The quantitative estimate of drug-likeness (QED) is 0.137. The molecule has 0 radical (unpaired) electrons. The van der Waals surface area contributed by atoms with Gasteiger partial charge in [0, 0.05) is 26.7 Å². The van der Waals surface area contributed by atoms with E-state index >= 15 is 0 Å². The lowest BCUT2D eigenvalue weighted by molar-refractivity contribution is -0.113. The highest BCUT2D eigenvalue weighted by molar-refractivity contribution is 8.00. The summed E-state index contributed by atoms with van der Waals surface area (Å²) >= 11 is 7.30. The monoisotopic (exact) mass is 544 g/mol. The second kappa shape index (κ2) is 12.9. The molecular formula is C30H22ClFN2O3S. The summed E-state index contributed by atoms with van der Waals surface area (Å²) in [6.07, 6.45) is 1.57. The Kier molecular flexibility index (Phi) is 9.08. The first-order valence-corrected chi connectivity index (χ1v) is 12.9. The van der Waals surface area contributed by atoms with Crippen LogP contribution in [-0.4, -0.2) is 23.4 Å². The molecule has 2 amide bonds. The number of Topliss-reactive ketones (excluding diaryl/α,β-unsaturated/α-hetero) is 1. The molecular weight excluding hydrogens is 523 g/mol. The largest absolute Gasteiger partial charge is 0.321 e. The average Bonchev–Trinajstić information content (AvgIpc) is 2.94. The van der Waals surface area contributed by atoms with E-state index in [1.165, 1.54) is 36.0 Å². The predicted octanol–water partition coefficient (Wildman–Crippen LogP) is 6.86. The molecule has 0 aliphatic rings. The fourth-order valence-electron chi connectivity index (χ4n) is 3.37. The van der Waals surface area contributed by atoms with Crippen LogP contribution in [0.5, 0.6) is 0 Å². The van der Waals surface area contributed by atoms with Gasteiger partial charge in [-0.2, -0.15) is 0 Å². The number of halogens is 2. The summed E-state index contributed by atoms with van der Waals surface area (Å²) in [6, 6.07) is 27.9. The summed E-state index contributed by atoms with van der Waals surface area (Å²) in [6.45, 7) is 0. The molecule has 4 rings (SSSR count). The van der Waals surface area contributed by atoms with Crippen molar-refractivity contribution in [3.8, 4) is 0 Å². The maximum Gasteiger partial charge on any atom is 0.272 e. The zero-order valence-corrected chi connectivity index (χ0v) is 21.6. The molecule has 2 N–H and O–H groups in total. The Morgan fingerprint density at radius 1 is 0.789 bits per heavy atom. The van der Waals surface area contributed by atoms with Gasteiger partial charge in [-0.25, -0.2) is 4.39 Å². The number of hydrogen-bond donors (Lipinski definition) is 2. The lowest BCUT2D eigenvalue weighted by atomic mass is 10.1. The third kappa shape index (κ3) is 7.65. The minimum absolute atomic E-state index is 0.0597. The molecule has 0 fully saturated rings. The van der Waals surface area contributed by atoms with Gasteiger partial charge in [-0.15, -0.1) is 11.8 Å². The van der Waals surface area contributed by atoms with E-state index in [-0.39, 0.29) is 17.2 Å². The molecule has 0 aliphatic carbocycles. The Hall–Kier alpha value is -4.20. The number of thioether (sulfide) groups is 1. The van der Waals surface area contributed by atoms with Crippen LogP contribution in [0.15, 0.2) is 114 Å². The van der Waals surface area contributed by atoms with E-state index in [0.29, 0.717) is 27.4 Å². The summed E-state index contributed by atoms with van der Waals surface area (Å²) in [4.78, 5) is 39.0. The summed E-state index contributed by atoms with van der Waals surface area (Å²) in [5.41, 5.74) is 2.12. The Balaban J connectivity index is 1.43. The maximum absolute atomic E-state index is 13.1. The summed E-state index contributed by atoms with van der Waals surface area (Å²) < 4.78 is 13.1. The molecule has 8 heteroatoms. The Labute approximate surface area is 228 Å². The summed E-state index contributed by atoms with van der Waals surface area (Å²) in [5, 5.41) is 6.04. The smallest absolute Gasteiger partial charge is 0.272 e. The van der Waals surface area contributed by atoms with E-state index in [0.717, 1.165) is 4.90 Å². The van der Waals surface area contributed by atoms with Gasteiger partial charge in [-0.05, 0) is 84.4 Å². The van der Waals surface area contributed by atoms with E-state index in [2.05, 4.69) is 10.6 Å². The van der Waals surface area contributed by atoms with E-state index in [9.17, 15) is 18.8 Å². The van der Waals surface area contributed by atoms with Crippen LogP contribution in [0.1, 0.15) is 26.3 Å². The third-order valence-electron chi connectivity index (χ3n) is 5.36. The topological polar surface area (TPSA) is 75.3 Å². The van der Waals surface area contributed by atoms with Crippen molar-refractivity contribution in [2.45, 2.75) is 4.90 Å². The number of benzene rings is 4. The van der Waals surface area contributed by atoms with Crippen molar-refractivity contribution in [1.82, 2.24) is 5.32 Å². The van der Waals surface area contributed by atoms with Crippen molar-refractivity contribution < 1.29 is 18.8 Å². The molecule has 0 unspecified atom stereocenters. The van der Waals surface area contributed by atoms with Crippen LogP contribution in [0.25, 0.3) is 6.08 Å². The number of nitrogens with one attached hydrogen (secondary N) is 2. The van der Waals surface area contributed by atoms with Gasteiger partial charge in [0.15, 0.2) is 5.78 Å². The highest BCUT2D eigenvalue weighted by Gasteiger charge is 2.15. The van der Waals surface area contributed by atoms with Gasteiger partial charge in [-0.1, -0.05) is 41.9 Å². The van der Waals surface area contributed by atoms with E-state index < -0.39 is 17.6 Å². The second-order valence-corrected chi connectivity index (χ2v) is 9.61. The molecule has 4 aromatic rings. The number of carbonyl (C=O) groups excluding carboxylic acids is 3. The summed E-state index contributed by atoms with van der Waals surface area (Å²) in [5.74, 6) is -1.23. The van der Waals surface area contributed by atoms with Gasteiger partial charge in [0.25, 0.3) is 11.8 Å². The minimum Gasteiger partial charge on any atom is -0.321 e. The molecule has 0 spiro atoms. The maximum atomic E-state index is 13.1. The number of amides is 2. The number of ketones is 1. The van der Waals surface area contributed by atoms with Crippen LogP contribution >= 0.6 is 23.4 Å². The highest BCUT2D eigenvalue weighted by Crippen LogP contribution is 2.22. The van der Waals surface area contributed by atoms with Crippen LogP contribution in [0.3, 0.4) is 0 Å². The van der Waals surface area contributed by atoms with Crippen LogP contribution in [0, 0.1) is 5.82 Å². The Morgan fingerprint density at radius 3 is 2.11 bits per heavy atom. The first kappa shape index (κ1) is 26.9. The average molecular weight is 545 g/mol. The van der Waals surface area contributed by atoms with E-state index in [1.807, 2.05) is 0 Å². The first-order chi connectivity index (χ1) is 18.4. The fourth-order valence-corrected chi connectivity index (χ4v) is 4.29. The van der Waals surface area contributed by atoms with Crippen LogP contribution in [-0.2, 0) is 4.79 Å². The molecule has 4 aromatic carbocycles. The second-order valence-electron chi connectivity index (χ2n) is 8.13. The number of rotatable bonds is 9. The summed E-state index contributed by atoms with van der Waals surface area (Å²) in [7, 11) is 0. The van der Waals surface area contributed by atoms with Gasteiger partial charge in [0.1, 0.15) is 11.5 Å². The van der Waals surface area contributed by atoms with Gasteiger partial charge in [-0.3, -0.25) is 14.4 Å². The van der Waals surface area contributed by atoms with Crippen molar-refractivity contribution in [1.29, 1.82) is 0 Å². The van der Waals surface area contributed by atoms with Crippen molar-refractivity contribution in [3.05, 3.63) is 136 Å². The zero-order valence-electron chi connectivity index (χ0n) is 20.0. The molecule has 190 valence electrons. The van der Waals surface area contributed by atoms with Gasteiger partial charge < -0.3 is 10.6 Å². The highest BCUT2D eigenvalue weighted by atomic mass is 35.5.